The van der Waals surface area contributed by atoms with Crippen LogP contribution in [0.3, 0.4) is 0 Å². The van der Waals surface area contributed by atoms with Gasteiger partial charge in [-0.3, -0.25) is 9.59 Å². The monoisotopic (exact) mass is 571 g/mol. The lowest BCUT2D eigenvalue weighted by atomic mass is 10.0. The van der Waals surface area contributed by atoms with Gasteiger partial charge in [-0.2, -0.15) is 5.10 Å². The van der Waals surface area contributed by atoms with Crippen LogP contribution in [0.5, 0.6) is 0 Å². The first-order valence-electron chi connectivity index (χ1n) is 13.5. The van der Waals surface area contributed by atoms with Crippen molar-refractivity contribution < 1.29 is 14.3 Å². The van der Waals surface area contributed by atoms with Crippen molar-refractivity contribution in [3.05, 3.63) is 112 Å². The molecule has 41 heavy (non-hydrogen) atoms. The van der Waals surface area contributed by atoms with E-state index in [-0.39, 0.29) is 25.0 Å². The predicted octanol–water partition coefficient (Wildman–Crippen LogP) is 6.23. The van der Waals surface area contributed by atoms with Crippen LogP contribution in [0.4, 0.5) is 0 Å². The summed E-state index contributed by atoms with van der Waals surface area (Å²) in [5.41, 5.74) is 5.10. The van der Waals surface area contributed by atoms with Crippen molar-refractivity contribution in [2.75, 3.05) is 7.11 Å². The Balaban J connectivity index is 0.000000572. The van der Waals surface area contributed by atoms with E-state index in [0.717, 1.165) is 46.3 Å². The molecule has 8 nitrogen and oxygen atoms in total. The number of amides is 1. The minimum absolute atomic E-state index is 0.182. The first-order valence-corrected chi connectivity index (χ1v) is 13.8. The average Bonchev–Trinajstić information content (AvgIpc) is 3.54. The van der Waals surface area contributed by atoms with Crippen LogP contribution in [-0.4, -0.2) is 38.3 Å². The Kier molecular flexibility index (Phi) is 9.92. The molecule has 0 saturated carbocycles. The summed E-state index contributed by atoms with van der Waals surface area (Å²) in [4.78, 5) is 29.4. The number of hydrogen-bond acceptors (Lipinski definition) is 5. The van der Waals surface area contributed by atoms with Gasteiger partial charge in [-0.05, 0) is 56.2 Å². The van der Waals surface area contributed by atoms with E-state index in [1.807, 2.05) is 55.5 Å². The molecule has 5 aromatic rings. The van der Waals surface area contributed by atoms with Gasteiger partial charge in [0.05, 0.1) is 42.0 Å². The number of aromatic nitrogens is 4. The second-order valence-corrected chi connectivity index (χ2v) is 10.0. The number of carbonyl (C=O) groups excluding carboxylic acids is 2. The van der Waals surface area contributed by atoms with Crippen LogP contribution < -0.4 is 5.32 Å². The molecular formula is C32H34ClN5O3. The average molecular weight is 572 g/mol. The van der Waals surface area contributed by atoms with Crippen LogP contribution in [0.15, 0.2) is 79.1 Å². The Bertz CT molecular complexity index is 1620. The van der Waals surface area contributed by atoms with Crippen molar-refractivity contribution in [1.82, 2.24) is 24.6 Å². The standard InChI is InChI=1S/C26H28ClN5O3.C6H6/c1-5-6-23-21(13-25(33)35-4)20-11-16(2)7-10-24(20)31(23)14-29-26(34)19-9-8-18(12-22(19)27)32-15-28-17(3)30-32;1-2-4-6-5-3-1/h7-12,15H,5-6,13-14H2,1-4H3,(H,29,34);1-6H. The first-order chi connectivity index (χ1) is 19.8. The molecule has 0 radical (unpaired) electrons. The first kappa shape index (κ1) is 29.6. The van der Waals surface area contributed by atoms with E-state index in [1.165, 1.54) is 7.11 Å². The second kappa shape index (κ2) is 13.8. The van der Waals surface area contributed by atoms with Crippen LogP contribution in [0.2, 0.25) is 5.02 Å². The normalized spacial score (nSPS) is 10.7. The fraction of sp³-hybridized carbons (Fsp3) is 0.250. The summed E-state index contributed by atoms with van der Waals surface area (Å²) in [6.45, 7) is 6.16. The van der Waals surface area contributed by atoms with Crippen LogP contribution in [-0.2, 0) is 29.0 Å². The summed E-state index contributed by atoms with van der Waals surface area (Å²) in [7, 11) is 1.39. The van der Waals surface area contributed by atoms with E-state index in [0.29, 0.717) is 16.4 Å². The molecule has 0 saturated heterocycles. The van der Waals surface area contributed by atoms with E-state index in [4.69, 9.17) is 16.3 Å². The number of nitrogens with zero attached hydrogens (tertiary/aromatic N) is 4. The summed E-state index contributed by atoms with van der Waals surface area (Å²) in [5.74, 6) is 0.0650. The lowest BCUT2D eigenvalue weighted by molar-refractivity contribution is -0.139. The molecule has 9 heteroatoms. The maximum atomic E-state index is 13.1. The molecular weight excluding hydrogens is 538 g/mol. The maximum Gasteiger partial charge on any atom is 0.310 e. The van der Waals surface area contributed by atoms with Gasteiger partial charge in [0, 0.05) is 11.1 Å². The van der Waals surface area contributed by atoms with Gasteiger partial charge in [0.1, 0.15) is 12.2 Å². The Morgan fingerprint density at radius 2 is 1.71 bits per heavy atom. The number of benzene rings is 3. The van der Waals surface area contributed by atoms with Gasteiger partial charge in [0.2, 0.25) is 0 Å². The molecule has 5 rings (SSSR count). The van der Waals surface area contributed by atoms with Crippen LogP contribution in [0.25, 0.3) is 16.6 Å². The maximum absolute atomic E-state index is 13.1. The number of ether oxygens (including phenoxy) is 1. The quantitative estimate of drug-likeness (QED) is 0.223. The number of esters is 1. The molecule has 0 aliphatic heterocycles. The minimum Gasteiger partial charge on any atom is -0.469 e. The lowest BCUT2D eigenvalue weighted by Crippen LogP contribution is -2.27. The number of methoxy groups -OCH3 is 1. The molecule has 2 aromatic heterocycles. The summed E-state index contributed by atoms with van der Waals surface area (Å²) in [6.07, 6.45) is 3.44. The zero-order valence-electron chi connectivity index (χ0n) is 23.7. The topological polar surface area (TPSA) is 91.0 Å². The smallest absolute Gasteiger partial charge is 0.310 e. The van der Waals surface area contributed by atoms with Crippen molar-refractivity contribution in [3.8, 4) is 5.69 Å². The molecule has 2 heterocycles. The van der Waals surface area contributed by atoms with E-state index in [9.17, 15) is 9.59 Å². The zero-order chi connectivity index (χ0) is 29.4. The van der Waals surface area contributed by atoms with Gasteiger partial charge in [-0.15, -0.1) is 0 Å². The minimum atomic E-state index is -0.290. The van der Waals surface area contributed by atoms with Crippen LogP contribution in [0.1, 0.15) is 46.3 Å². The number of halogens is 1. The van der Waals surface area contributed by atoms with Crippen molar-refractivity contribution >= 4 is 34.4 Å². The highest BCUT2D eigenvalue weighted by atomic mass is 35.5. The van der Waals surface area contributed by atoms with Crippen LogP contribution in [0, 0.1) is 13.8 Å². The zero-order valence-corrected chi connectivity index (χ0v) is 24.5. The number of fused-ring (bicyclic) bond motifs is 1. The van der Waals surface area contributed by atoms with E-state index < -0.39 is 0 Å². The Morgan fingerprint density at radius 1 is 1.00 bits per heavy atom. The SMILES string of the molecule is CCCc1c(CC(=O)OC)c2cc(C)ccc2n1CNC(=O)c1ccc(-n2cnc(C)n2)cc1Cl.c1ccccc1. The molecule has 0 fully saturated rings. The highest BCUT2D eigenvalue weighted by Gasteiger charge is 2.20. The molecule has 1 amide bonds. The number of rotatable bonds is 8. The third kappa shape index (κ3) is 7.21. The molecule has 0 bridgehead atoms. The number of carbonyl (C=O) groups is 2. The Morgan fingerprint density at radius 3 is 2.29 bits per heavy atom. The third-order valence-electron chi connectivity index (χ3n) is 6.61. The third-order valence-corrected chi connectivity index (χ3v) is 6.92. The second-order valence-electron chi connectivity index (χ2n) is 9.60. The fourth-order valence-corrected chi connectivity index (χ4v) is 4.90. The number of hydrogen-bond donors (Lipinski definition) is 1. The Labute approximate surface area is 244 Å². The largest absolute Gasteiger partial charge is 0.469 e. The van der Waals surface area contributed by atoms with E-state index >= 15 is 0 Å². The van der Waals surface area contributed by atoms with Crippen molar-refractivity contribution in [2.24, 2.45) is 0 Å². The molecule has 0 aliphatic carbocycles. The molecule has 0 aliphatic rings. The van der Waals surface area contributed by atoms with Gasteiger partial charge in [-0.25, -0.2) is 9.67 Å². The molecule has 0 unspecified atom stereocenters. The number of nitrogens with one attached hydrogen (secondary N) is 1. The lowest BCUT2D eigenvalue weighted by Gasteiger charge is -2.14. The summed E-state index contributed by atoms with van der Waals surface area (Å²) in [5, 5.41) is 8.59. The van der Waals surface area contributed by atoms with Gasteiger partial charge in [-0.1, -0.05) is 73.0 Å². The van der Waals surface area contributed by atoms with Gasteiger partial charge >= 0.3 is 5.97 Å². The summed E-state index contributed by atoms with van der Waals surface area (Å²) < 4.78 is 8.62. The molecule has 3 aromatic carbocycles. The molecule has 212 valence electrons. The van der Waals surface area contributed by atoms with Crippen LogP contribution >= 0.6 is 11.6 Å². The summed E-state index contributed by atoms with van der Waals surface area (Å²) in [6, 6.07) is 23.3. The molecule has 0 atom stereocenters. The molecule has 0 spiro atoms. The highest BCUT2D eigenvalue weighted by molar-refractivity contribution is 6.34. The predicted molar refractivity (Wildman–Crippen MR) is 161 cm³/mol. The number of aryl methyl sites for hydroxylation is 2. The molecule has 1 N–H and O–H groups in total. The van der Waals surface area contributed by atoms with Crippen molar-refractivity contribution in [2.45, 2.75) is 46.7 Å². The van der Waals surface area contributed by atoms with E-state index in [2.05, 4.69) is 33.0 Å². The van der Waals surface area contributed by atoms with Crippen molar-refractivity contribution in [3.63, 3.8) is 0 Å². The Hall–Kier alpha value is -4.43. The van der Waals surface area contributed by atoms with Gasteiger partial charge in [0.25, 0.3) is 5.91 Å². The van der Waals surface area contributed by atoms with Gasteiger partial charge in [0.15, 0.2) is 0 Å². The summed E-state index contributed by atoms with van der Waals surface area (Å²) >= 11 is 6.45. The van der Waals surface area contributed by atoms with Gasteiger partial charge < -0.3 is 14.6 Å². The van der Waals surface area contributed by atoms with Crippen molar-refractivity contribution in [1.29, 1.82) is 0 Å². The van der Waals surface area contributed by atoms with E-state index in [1.54, 1.807) is 36.1 Å². The highest BCUT2D eigenvalue weighted by Crippen LogP contribution is 2.29. The fourth-order valence-electron chi connectivity index (χ4n) is 4.64.